The molecule has 1 aliphatic rings. The van der Waals surface area contributed by atoms with E-state index in [9.17, 15) is 9.59 Å². The van der Waals surface area contributed by atoms with Gasteiger partial charge in [-0.2, -0.15) is 0 Å². The molecule has 0 aliphatic carbocycles. The smallest absolute Gasteiger partial charge is 0.325 e. The van der Waals surface area contributed by atoms with Crippen LogP contribution in [0, 0.1) is 5.92 Å². The Morgan fingerprint density at radius 3 is 2.48 bits per heavy atom. The van der Waals surface area contributed by atoms with Gasteiger partial charge in [0.2, 0.25) is 5.91 Å². The van der Waals surface area contributed by atoms with Gasteiger partial charge in [0.15, 0.2) is 0 Å². The molecule has 9 nitrogen and oxygen atoms in total. The molecule has 0 spiro atoms. The van der Waals surface area contributed by atoms with Gasteiger partial charge in [-0.1, -0.05) is 0 Å². The van der Waals surface area contributed by atoms with Crippen molar-refractivity contribution >= 4 is 17.7 Å². The van der Waals surface area contributed by atoms with Crippen molar-refractivity contribution in [2.75, 3.05) is 45.9 Å². The number of benzene rings is 1. The fourth-order valence-corrected chi connectivity index (χ4v) is 3.71. The Hall–Kier alpha value is -3.36. The lowest BCUT2D eigenvalue weighted by Gasteiger charge is -2.35. The third-order valence-electron chi connectivity index (χ3n) is 5.29. The Morgan fingerprint density at radius 2 is 1.87 bits per heavy atom. The molecule has 166 valence electrons. The van der Waals surface area contributed by atoms with E-state index in [-0.39, 0.29) is 24.9 Å². The molecule has 1 unspecified atom stereocenters. The molecular formula is C22H28N4O5. The summed E-state index contributed by atoms with van der Waals surface area (Å²) in [5, 5.41) is 0. The van der Waals surface area contributed by atoms with E-state index in [1.54, 1.807) is 38.9 Å². The van der Waals surface area contributed by atoms with E-state index in [2.05, 4.69) is 14.9 Å². The predicted molar refractivity (Wildman–Crippen MR) is 114 cm³/mol. The highest BCUT2D eigenvalue weighted by molar-refractivity contribution is 5.84. The minimum Gasteiger partial charge on any atom is -0.497 e. The van der Waals surface area contributed by atoms with Crippen LogP contribution in [0.1, 0.15) is 18.4 Å². The fourth-order valence-electron chi connectivity index (χ4n) is 3.71. The molecule has 1 aromatic heterocycles. The van der Waals surface area contributed by atoms with Gasteiger partial charge in [0.1, 0.15) is 23.9 Å². The van der Waals surface area contributed by atoms with E-state index in [4.69, 9.17) is 14.2 Å². The first-order valence-corrected chi connectivity index (χ1v) is 10.1. The Labute approximate surface area is 181 Å². The molecule has 0 N–H and O–H groups in total. The lowest BCUT2D eigenvalue weighted by atomic mass is 9.96. The minimum absolute atomic E-state index is 0.0965. The van der Waals surface area contributed by atoms with E-state index in [0.717, 1.165) is 30.8 Å². The third-order valence-corrected chi connectivity index (χ3v) is 5.29. The molecular weight excluding hydrogens is 400 g/mol. The van der Waals surface area contributed by atoms with Gasteiger partial charge in [0.25, 0.3) is 0 Å². The normalized spacial score (nSPS) is 15.8. The number of esters is 1. The first-order chi connectivity index (χ1) is 15.0. The zero-order chi connectivity index (χ0) is 22.2. The van der Waals surface area contributed by atoms with Gasteiger partial charge >= 0.3 is 5.97 Å². The van der Waals surface area contributed by atoms with Crippen molar-refractivity contribution in [3.63, 3.8) is 0 Å². The maximum Gasteiger partial charge on any atom is 0.325 e. The quantitative estimate of drug-likeness (QED) is 0.589. The third kappa shape index (κ3) is 5.84. The maximum atomic E-state index is 13.4. The number of hydrogen-bond acceptors (Lipinski definition) is 8. The predicted octanol–water partition coefficient (Wildman–Crippen LogP) is 1.91. The first-order valence-electron chi connectivity index (χ1n) is 10.1. The second-order valence-electron chi connectivity index (χ2n) is 7.34. The van der Waals surface area contributed by atoms with Crippen LogP contribution in [0.15, 0.2) is 36.8 Å². The zero-order valence-electron chi connectivity index (χ0n) is 18.1. The standard InChI is InChI=1S/C22H28N4O5/c1-29-18-9-16(10-19(11-18)30-2)13-26(15-21(27)31-3)22(28)17-5-4-8-25(14-17)20-12-23-6-7-24-20/h6-7,9-12,17H,4-5,8,13-15H2,1-3H3. The van der Waals surface area contributed by atoms with E-state index in [0.29, 0.717) is 18.0 Å². The largest absolute Gasteiger partial charge is 0.497 e. The summed E-state index contributed by atoms with van der Waals surface area (Å²) in [5.41, 5.74) is 0.801. The topological polar surface area (TPSA) is 94.1 Å². The number of carbonyl (C=O) groups excluding carboxylic acids is 2. The summed E-state index contributed by atoms with van der Waals surface area (Å²) in [6, 6.07) is 5.41. The number of rotatable bonds is 8. The van der Waals surface area contributed by atoms with Gasteiger partial charge in [0, 0.05) is 38.1 Å². The molecule has 0 bridgehead atoms. The molecule has 1 aromatic carbocycles. The van der Waals surface area contributed by atoms with Crippen LogP contribution in [0.5, 0.6) is 11.5 Å². The van der Waals surface area contributed by atoms with Gasteiger partial charge in [-0.05, 0) is 30.5 Å². The van der Waals surface area contributed by atoms with Gasteiger partial charge in [-0.15, -0.1) is 0 Å². The number of ether oxygens (including phenoxy) is 3. The molecule has 0 saturated carbocycles. The van der Waals surface area contributed by atoms with Crippen LogP contribution >= 0.6 is 0 Å². The van der Waals surface area contributed by atoms with Gasteiger partial charge in [0.05, 0.1) is 33.4 Å². The summed E-state index contributed by atoms with van der Waals surface area (Å²) in [5.74, 6) is 1.16. The van der Waals surface area contributed by atoms with E-state index < -0.39 is 5.97 Å². The van der Waals surface area contributed by atoms with Crippen molar-refractivity contribution in [3.8, 4) is 11.5 Å². The van der Waals surface area contributed by atoms with Crippen molar-refractivity contribution in [2.45, 2.75) is 19.4 Å². The maximum absolute atomic E-state index is 13.4. The van der Waals surface area contributed by atoms with Crippen molar-refractivity contribution in [1.29, 1.82) is 0 Å². The van der Waals surface area contributed by atoms with Crippen LogP contribution in [-0.2, 0) is 20.9 Å². The fraction of sp³-hybridized carbons (Fsp3) is 0.455. The Kier molecular flexibility index (Phi) is 7.64. The molecule has 31 heavy (non-hydrogen) atoms. The average molecular weight is 428 g/mol. The highest BCUT2D eigenvalue weighted by atomic mass is 16.5. The summed E-state index contributed by atoms with van der Waals surface area (Å²) in [4.78, 5) is 37.5. The minimum atomic E-state index is -0.468. The van der Waals surface area contributed by atoms with Crippen LogP contribution in [0.2, 0.25) is 0 Å². The van der Waals surface area contributed by atoms with Crippen LogP contribution in [0.3, 0.4) is 0 Å². The Bertz CT molecular complexity index is 870. The van der Waals surface area contributed by atoms with Crippen LogP contribution in [0.4, 0.5) is 5.82 Å². The Balaban J connectivity index is 1.79. The number of amides is 1. The van der Waals surface area contributed by atoms with Gasteiger partial charge in [-0.3, -0.25) is 14.6 Å². The van der Waals surface area contributed by atoms with Crippen molar-refractivity contribution in [3.05, 3.63) is 42.4 Å². The molecule has 3 rings (SSSR count). The number of hydrogen-bond donors (Lipinski definition) is 0. The monoisotopic (exact) mass is 428 g/mol. The van der Waals surface area contributed by atoms with Crippen LogP contribution in [-0.4, -0.2) is 67.7 Å². The summed E-state index contributed by atoms with van der Waals surface area (Å²) >= 11 is 0. The van der Waals surface area contributed by atoms with E-state index in [1.807, 2.05) is 12.1 Å². The molecule has 1 saturated heterocycles. The summed E-state index contributed by atoms with van der Waals surface area (Å²) < 4.78 is 15.5. The molecule has 1 aliphatic heterocycles. The molecule has 2 heterocycles. The summed E-state index contributed by atoms with van der Waals surface area (Å²) in [6.45, 7) is 1.45. The average Bonchev–Trinajstić information content (AvgIpc) is 2.83. The van der Waals surface area contributed by atoms with Crippen LogP contribution in [0.25, 0.3) is 0 Å². The number of methoxy groups -OCH3 is 3. The molecule has 1 fully saturated rings. The summed E-state index contributed by atoms with van der Waals surface area (Å²) in [7, 11) is 4.45. The van der Waals surface area contributed by atoms with E-state index in [1.165, 1.54) is 12.0 Å². The summed E-state index contributed by atoms with van der Waals surface area (Å²) in [6.07, 6.45) is 6.55. The molecule has 9 heteroatoms. The number of piperidine rings is 1. The number of aromatic nitrogens is 2. The van der Waals surface area contributed by atoms with Gasteiger partial charge in [-0.25, -0.2) is 4.98 Å². The Morgan fingerprint density at radius 1 is 1.13 bits per heavy atom. The van der Waals surface area contributed by atoms with Crippen molar-refractivity contribution < 1.29 is 23.8 Å². The zero-order valence-corrected chi connectivity index (χ0v) is 18.1. The molecule has 1 amide bonds. The van der Waals surface area contributed by atoms with Crippen molar-refractivity contribution in [2.24, 2.45) is 5.92 Å². The van der Waals surface area contributed by atoms with Gasteiger partial charge < -0.3 is 24.0 Å². The number of carbonyl (C=O) groups is 2. The van der Waals surface area contributed by atoms with Crippen LogP contribution < -0.4 is 14.4 Å². The lowest BCUT2D eigenvalue weighted by Crippen LogP contribution is -2.46. The lowest BCUT2D eigenvalue weighted by molar-refractivity contribution is -0.149. The number of anilines is 1. The second-order valence-corrected chi connectivity index (χ2v) is 7.34. The number of nitrogens with zero attached hydrogens (tertiary/aromatic N) is 4. The molecule has 0 radical (unpaired) electrons. The van der Waals surface area contributed by atoms with Crippen molar-refractivity contribution in [1.82, 2.24) is 14.9 Å². The van der Waals surface area contributed by atoms with E-state index >= 15 is 0 Å². The highest BCUT2D eigenvalue weighted by Gasteiger charge is 2.31. The SMILES string of the molecule is COC(=O)CN(Cc1cc(OC)cc(OC)c1)C(=O)C1CCCN(c2cnccn2)C1. The first kappa shape index (κ1) is 22.3. The second kappa shape index (κ2) is 10.6. The highest BCUT2D eigenvalue weighted by Crippen LogP contribution is 2.26. The molecule has 2 aromatic rings. The molecule has 1 atom stereocenters.